The zero-order valence-electron chi connectivity index (χ0n) is 21.1. The number of rotatable bonds is 6. The monoisotopic (exact) mass is 506 g/mol. The summed E-state index contributed by atoms with van der Waals surface area (Å²) in [7, 11) is 0. The molecule has 1 atom stereocenters. The number of aryl methyl sites for hydroxylation is 2. The molecule has 1 fully saturated rings. The van der Waals surface area contributed by atoms with Crippen LogP contribution in [0, 0.1) is 13.8 Å². The fraction of sp³-hybridized carbons (Fsp3) is 0.370. The van der Waals surface area contributed by atoms with Crippen LogP contribution in [0.2, 0.25) is 0 Å². The first-order valence-corrected chi connectivity index (χ1v) is 12.8. The molecule has 0 aliphatic carbocycles. The Morgan fingerprint density at radius 1 is 1.06 bits per heavy atom. The normalized spacial score (nSPS) is 16.6. The number of nitrogen functional groups attached to an aromatic ring is 1. The van der Waals surface area contributed by atoms with Crippen molar-refractivity contribution in [2.24, 2.45) is 0 Å². The molecular weight excluding hydrogens is 474 g/mol. The van der Waals surface area contributed by atoms with E-state index in [1.54, 1.807) is 29.2 Å². The number of ether oxygens (including phenoxy) is 1. The highest BCUT2D eigenvalue weighted by Crippen LogP contribution is 2.29. The molecule has 0 unspecified atom stereocenters. The highest BCUT2D eigenvalue weighted by atomic mass is 32.1. The average molecular weight is 507 g/mol. The minimum atomic E-state index is -0.323. The highest BCUT2D eigenvalue weighted by molar-refractivity contribution is 7.65. The summed E-state index contributed by atoms with van der Waals surface area (Å²) in [6.07, 6.45) is -0.323. The van der Waals surface area contributed by atoms with Gasteiger partial charge >= 0.3 is 11.7 Å². The lowest BCUT2D eigenvalue weighted by atomic mass is 10.00. The Bertz CT molecular complexity index is 1250. The zero-order valence-corrected chi connectivity index (χ0v) is 21.9. The van der Waals surface area contributed by atoms with Gasteiger partial charge in [0.15, 0.2) is 0 Å². The van der Waals surface area contributed by atoms with Crippen molar-refractivity contribution in [3.05, 3.63) is 65.2 Å². The zero-order chi connectivity index (χ0) is 25.8. The molecule has 3 aromatic rings. The van der Waals surface area contributed by atoms with E-state index in [4.69, 9.17) is 10.5 Å². The molecule has 188 valence electrons. The fourth-order valence-electron chi connectivity index (χ4n) is 4.61. The molecule has 9 heteroatoms. The molecule has 0 radical (unpaired) electrons. The van der Waals surface area contributed by atoms with Crippen LogP contribution in [0.5, 0.6) is 5.88 Å². The van der Waals surface area contributed by atoms with Crippen molar-refractivity contribution in [2.75, 3.05) is 31.9 Å². The summed E-state index contributed by atoms with van der Waals surface area (Å²) >= 11 is 0.381. The van der Waals surface area contributed by atoms with Crippen molar-refractivity contribution in [3.63, 3.8) is 0 Å². The van der Waals surface area contributed by atoms with E-state index >= 15 is 0 Å². The van der Waals surface area contributed by atoms with Crippen molar-refractivity contribution in [3.8, 4) is 17.1 Å². The standard InChI is InChI=1S/C27H32N5O3S/c1-17(2)31-11-12-32(26(33)20-9-6-10-22(13-20)36-34)16-21(15-31)35-24-14-23(29-27(28)30-24)25-18(3)7-5-8-19(25)4/h5-10,13-14,17,21H,11-12,15-16H2,1-4H3,(H2,28,29,30)/q+1/t21-/m1/s1. The van der Waals surface area contributed by atoms with Gasteiger partial charge in [-0.1, -0.05) is 24.3 Å². The number of benzene rings is 2. The molecule has 4 rings (SSSR count). The fourth-order valence-corrected chi connectivity index (χ4v) is 4.92. The van der Waals surface area contributed by atoms with Crippen molar-refractivity contribution in [2.45, 2.75) is 44.7 Å². The third-order valence-electron chi connectivity index (χ3n) is 6.46. The number of hydrogen-bond donors (Lipinski definition) is 1. The summed E-state index contributed by atoms with van der Waals surface area (Å²) in [5.74, 6) is 0.399. The molecule has 0 spiro atoms. The Kier molecular flexibility index (Phi) is 7.91. The Morgan fingerprint density at radius 3 is 2.47 bits per heavy atom. The molecule has 1 aromatic heterocycles. The molecule has 1 amide bonds. The van der Waals surface area contributed by atoms with E-state index in [2.05, 4.69) is 28.7 Å². The summed E-state index contributed by atoms with van der Waals surface area (Å²) in [5.41, 5.74) is 10.5. The van der Waals surface area contributed by atoms with Gasteiger partial charge in [0.2, 0.25) is 11.8 Å². The SMILES string of the molecule is Cc1cccc(C)c1-c1cc(O[C@H]2CN(C(=O)c3cccc([S+]=O)c3)CCN(C(C)C)C2)nc(N)n1. The number of nitrogens with two attached hydrogens (primary N) is 1. The van der Waals surface area contributed by atoms with Gasteiger partial charge in [0.1, 0.15) is 6.10 Å². The van der Waals surface area contributed by atoms with E-state index in [-0.39, 0.29) is 24.0 Å². The number of hydrogen-bond acceptors (Lipinski definition) is 7. The van der Waals surface area contributed by atoms with E-state index in [1.807, 2.05) is 38.1 Å². The molecule has 0 bridgehead atoms. The summed E-state index contributed by atoms with van der Waals surface area (Å²) in [6, 6.07) is 15.0. The van der Waals surface area contributed by atoms with Crippen LogP contribution < -0.4 is 10.5 Å². The summed E-state index contributed by atoms with van der Waals surface area (Å²) in [4.78, 5) is 26.8. The second-order valence-electron chi connectivity index (χ2n) is 9.41. The molecule has 0 saturated carbocycles. The van der Waals surface area contributed by atoms with Crippen LogP contribution in [0.3, 0.4) is 0 Å². The van der Waals surface area contributed by atoms with Gasteiger partial charge < -0.3 is 15.4 Å². The van der Waals surface area contributed by atoms with E-state index in [1.165, 1.54) is 0 Å². The van der Waals surface area contributed by atoms with Crippen LogP contribution in [0.15, 0.2) is 53.4 Å². The first-order valence-electron chi connectivity index (χ1n) is 12.1. The Balaban J connectivity index is 1.62. The van der Waals surface area contributed by atoms with Crippen LogP contribution in [0.25, 0.3) is 11.3 Å². The maximum atomic E-state index is 13.4. The highest BCUT2D eigenvalue weighted by Gasteiger charge is 2.29. The van der Waals surface area contributed by atoms with Crippen molar-refractivity contribution in [1.29, 1.82) is 0 Å². The third kappa shape index (κ3) is 5.85. The minimum Gasteiger partial charge on any atom is -0.471 e. The first-order chi connectivity index (χ1) is 17.2. The number of aromatic nitrogens is 2. The summed E-state index contributed by atoms with van der Waals surface area (Å²) in [6.45, 7) is 10.6. The van der Waals surface area contributed by atoms with Crippen LogP contribution in [-0.4, -0.2) is 64.0 Å². The van der Waals surface area contributed by atoms with Crippen molar-refractivity contribution < 1.29 is 13.7 Å². The largest absolute Gasteiger partial charge is 0.505 e. The lowest BCUT2D eigenvalue weighted by Crippen LogP contribution is -2.41. The summed E-state index contributed by atoms with van der Waals surface area (Å²) in [5, 5.41) is 0. The van der Waals surface area contributed by atoms with E-state index in [9.17, 15) is 9.00 Å². The van der Waals surface area contributed by atoms with Crippen LogP contribution in [0.4, 0.5) is 5.95 Å². The maximum absolute atomic E-state index is 13.4. The molecule has 1 saturated heterocycles. The number of carbonyl (C=O) groups is 1. The smallest absolute Gasteiger partial charge is 0.471 e. The summed E-state index contributed by atoms with van der Waals surface area (Å²) < 4.78 is 17.6. The van der Waals surface area contributed by atoms with E-state index in [0.29, 0.717) is 53.3 Å². The minimum absolute atomic E-state index is 0.122. The van der Waals surface area contributed by atoms with Gasteiger partial charge in [-0.3, -0.25) is 9.69 Å². The van der Waals surface area contributed by atoms with Gasteiger partial charge in [0.05, 0.1) is 12.2 Å². The lowest BCUT2D eigenvalue weighted by Gasteiger charge is -2.27. The molecule has 36 heavy (non-hydrogen) atoms. The van der Waals surface area contributed by atoms with E-state index < -0.39 is 0 Å². The van der Waals surface area contributed by atoms with Crippen molar-refractivity contribution >= 4 is 23.5 Å². The second kappa shape index (κ2) is 11.1. The quantitative estimate of drug-likeness (QED) is 0.508. The van der Waals surface area contributed by atoms with Gasteiger partial charge in [-0.2, -0.15) is 4.98 Å². The molecule has 2 heterocycles. The van der Waals surface area contributed by atoms with Gasteiger partial charge in [-0.15, -0.1) is 0 Å². The lowest BCUT2D eigenvalue weighted by molar-refractivity contribution is 0.0688. The Labute approximate surface area is 216 Å². The number of nitrogens with zero attached hydrogens (tertiary/aromatic N) is 4. The number of anilines is 1. The maximum Gasteiger partial charge on any atom is 0.505 e. The molecule has 1 aliphatic heterocycles. The molecule has 2 N–H and O–H groups in total. The Morgan fingerprint density at radius 2 is 1.78 bits per heavy atom. The molecular formula is C27H32N5O3S+. The van der Waals surface area contributed by atoms with Gasteiger partial charge in [-0.05, 0) is 44.9 Å². The van der Waals surface area contributed by atoms with Crippen LogP contribution in [-0.2, 0) is 15.9 Å². The second-order valence-corrected chi connectivity index (χ2v) is 10.0. The number of carbonyl (C=O) groups excluding carboxylic acids is 1. The first kappa shape index (κ1) is 25.7. The molecule has 8 nitrogen and oxygen atoms in total. The number of amides is 1. The predicted octanol–water partition coefficient (Wildman–Crippen LogP) is 3.74. The van der Waals surface area contributed by atoms with Gasteiger partial charge in [0.25, 0.3) is 10.8 Å². The van der Waals surface area contributed by atoms with Crippen LogP contribution >= 0.6 is 0 Å². The Hall–Kier alpha value is -3.43. The molecule has 1 aliphatic rings. The van der Waals surface area contributed by atoms with Crippen molar-refractivity contribution in [1.82, 2.24) is 19.8 Å². The van der Waals surface area contributed by atoms with Gasteiger partial charge in [-0.25, -0.2) is 4.98 Å². The van der Waals surface area contributed by atoms with E-state index in [0.717, 1.165) is 23.2 Å². The molecule has 2 aromatic carbocycles. The average Bonchev–Trinajstić information content (AvgIpc) is 3.06. The van der Waals surface area contributed by atoms with Crippen LogP contribution in [0.1, 0.15) is 35.3 Å². The van der Waals surface area contributed by atoms with Gasteiger partial charge in [0, 0.05) is 59.2 Å². The third-order valence-corrected chi connectivity index (χ3v) is 6.91. The predicted molar refractivity (Wildman–Crippen MR) is 141 cm³/mol. The topological polar surface area (TPSA) is 102 Å².